The van der Waals surface area contributed by atoms with Gasteiger partial charge in [0.2, 0.25) is 0 Å². The third-order valence-electron chi connectivity index (χ3n) is 0. The number of rotatable bonds is 0. The Morgan fingerprint density at radius 3 is 1.20 bits per heavy atom. The Balaban J connectivity index is 3.02. The molecule has 0 unspecified atom stereocenters. The van der Waals surface area contributed by atoms with Crippen LogP contribution in [0, 0.1) is 0 Å². The van der Waals surface area contributed by atoms with Gasteiger partial charge in [0.05, 0.1) is 0 Å². The van der Waals surface area contributed by atoms with E-state index < -0.39 is 0 Å². The molecule has 3 heteroatoms. The summed E-state index contributed by atoms with van der Waals surface area (Å²) in [5.74, 6) is 0. The maximum absolute atomic E-state index is 5.23. The molecule has 0 aliphatic heterocycles. The van der Waals surface area contributed by atoms with Crippen molar-refractivity contribution in [2.75, 3.05) is 14.1 Å². The molecule has 0 amide bonds. The van der Waals surface area contributed by atoms with Gasteiger partial charge in [0.1, 0.15) is 14.1 Å². The monoisotopic (exact) mass is 114 g/mol. The Bertz CT molecular complexity index is 23.1. The maximum Gasteiger partial charge on any atom is 0.186 e. The first-order valence-corrected chi connectivity index (χ1v) is 1.91. The summed E-state index contributed by atoms with van der Waals surface area (Å²) in [6, 6.07) is 0. The average molecular weight is 115 g/mol. The van der Waals surface area contributed by atoms with Crippen molar-refractivity contribution in [2.24, 2.45) is 0 Å². The first-order chi connectivity index (χ1) is 2.00. The van der Waals surface area contributed by atoms with Crippen LogP contribution < -0.4 is 0 Å². The lowest BCUT2D eigenvalue weighted by Gasteiger charge is -2.00. The zero-order chi connectivity index (χ0) is 4.50. The lowest BCUT2D eigenvalue weighted by molar-refractivity contribution is -0.637. The standard InChI is InChI=1S/C2H6Cl2N/c1-5(2,3)4/h1-2H3/q+1. The molecule has 0 N–H and O–H groups in total. The molecule has 0 spiro atoms. The Kier molecular flexibility index (Phi) is 1.47. The third-order valence-corrected chi connectivity index (χ3v) is 0. The molecule has 32 valence electrons. The molecule has 1 nitrogen and oxygen atoms in total. The summed E-state index contributed by atoms with van der Waals surface area (Å²) >= 11 is 10.5. The average Bonchev–Trinajstić information content (AvgIpc) is 0.722. The van der Waals surface area contributed by atoms with Crippen molar-refractivity contribution in [3.05, 3.63) is 0 Å². The van der Waals surface area contributed by atoms with Crippen molar-refractivity contribution in [2.45, 2.75) is 0 Å². The van der Waals surface area contributed by atoms with Gasteiger partial charge in [0.25, 0.3) is 0 Å². The first-order valence-electron chi connectivity index (χ1n) is 1.23. The van der Waals surface area contributed by atoms with E-state index in [2.05, 4.69) is 0 Å². The van der Waals surface area contributed by atoms with E-state index >= 15 is 0 Å². The van der Waals surface area contributed by atoms with Crippen LogP contribution in [-0.2, 0) is 0 Å². The fraction of sp³-hybridized carbons (Fsp3) is 1.00. The molecule has 0 heterocycles. The predicted octanol–water partition coefficient (Wildman–Crippen LogP) is 1.37. The smallest absolute Gasteiger partial charge is 0.128 e. The van der Waals surface area contributed by atoms with Crippen molar-refractivity contribution in [1.29, 1.82) is 0 Å². The van der Waals surface area contributed by atoms with Crippen molar-refractivity contribution >= 4 is 23.6 Å². The molecule has 0 fully saturated rings. The highest BCUT2D eigenvalue weighted by atomic mass is 35.5. The van der Waals surface area contributed by atoms with Crippen LogP contribution >= 0.6 is 23.6 Å². The molecule has 0 rings (SSSR count). The van der Waals surface area contributed by atoms with Gasteiger partial charge >= 0.3 is 0 Å². The van der Waals surface area contributed by atoms with Crippen LogP contribution in [-0.4, -0.2) is 17.6 Å². The quantitative estimate of drug-likeness (QED) is 0.418. The minimum absolute atomic E-state index is 0.0556. The predicted molar refractivity (Wildman–Crippen MR) is 23.8 cm³/mol. The highest BCUT2D eigenvalue weighted by molar-refractivity contribution is 6.23. The Hall–Kier alpha value is 0.540. The van der Waals surface area contributed by atoms with Gasteiger partial charge in [-0.1, -0.05) is 0 Å². The van der Waals surface area contributed by atoms with E-state index in [0.29, 0.717) is 0 Å². The molecule has 0 aliphatic carbocycles. The van der Waals surface area contributed by atoms with Crippen molar-refractivity contribution in [1.82, 2.24) is 0 Å². The molecular formula is C2H6Cl2N+. The van der Waals surface area contributed by atoms with E-state index in [9.17, 15) is 0 Å². The zero-order valence-electron chi connectivity index (χ0n) is 3.20. The maximum atomic E-state index is 5.23. The van der Waals surface area contributed by atoms with Crippen LogP contribution in [0.15, 0.2) is 0 Å². The third kappa shape index (κ3) is 100. The van der Waals surface area contributed by atoms with Crippen LogP contribution in [0.25, 0.3) is 0 Å². The Morgan fingerprint density at radius 2 is 1.20 bits per heavy atom. The van der Waals surface area contributed by atoms with E-state index in [0.717, 1.165) is 0 Å². The molecular weight excluding hydrogens is 109 g/mol. The summed E-state index contributed by atoms with van der Waals surface area (Å²) in [6.07, 6.45) is 0. The highest BCUT2D eigenvalue weighted by Gasteiger charge is 2.01. The van der Waals surface area contributed by atoms with Crippen LogP contribution in [0.1, 0.15) is 0 Å². The van der Waals surface area contributed by atoms with Gasteiger partial charge in [-0.2, -0.15) is 0 Å². The first kappa shape index (κ1) is 5.54. The molecule has 5 heavy (non-hydrogen) atoms. The number of halogens is 2. The SMILES string of the molecule is C[N+](C)(Cl)Cl. The van der Waals surface area contributed by atoms with Gasteiger partial charge in [0, 0.05) is 0 Å². The van der Waals surface area contributed by atoms with Crippen molar-refractivity contribution in [3.63, 3.8) is 0 Å². The van der Waals surface area contributed by atoms with E-state index in [1.54, 1.807) is 14.1 Å². The van der Waals surface area contributed by atoms with E-state index in [1.807, 2.05) is 0 Å². The van der Waals surface area contributed by atoms with Crippen molar-refractivity contribution < 1.29 is 3.52 Å². The molecule has 0 radical (unpaired) electrons. The fourth-order valence-corrected chi connectivity index (χ4v) is 0. The van der Waals surface area contributed by atoms with Gasteiger partial charge in [-0.05, 0) is 0 Å². The molecule has 0 aromatic carbocycles. The fourth-order valence-electron chi connectivity index (χ4n) is 0. The summed E-state index contributed by atoms with van der Waals surface area (Å²) in [5.41, 5.74) is 0. The largest absolute Gasteiger partial charge is 0.186 e. The number of quaternary nitrogens is 1. The topological polar surface area (TPSA) is 0 Å². The van der Waals surface area contributed by atoms with E-state index in [4.69, 9.17) is 23.6 Å². The second-order valence-electron chi connectivity index (χ2n) is 1.19. The van der Waals surface area contributed by atoms with Crippen LogP contribution in [0.3, 0.4) is 0 Å². The zero-order valence-corrected chi connectivity index (χ0v) is 4.72. The Morgan fingerprint density at radius 1 is 1.20 bits per heavy atom. The van der Waals surface area contributed by atoms with Gasteiger partial charge in [-0.25, -0.2) is 0 Å². The molecule has 0 aliphatic rings. The molecule has 0 saturated carbocycles. The number of nitrogens with zero attached hydrogens (tertiary/aromatic N) is 1. The highest BCUT2D eigenvalue weighted by Crippen LogP contribution is 2.04. The number of hydrogen-bond donors (Lipinski definition) is 0. The second kappa shape index (κ2) is 1.33. The summed E-state index contributed by atoms with van der Waals surface area (Å²) in [6.45, 7) is 0. The molecule has 0 bridgehead atoms. The second-order valence-corrected chi connectivity index (χ2v) is 3.05. The lowest BCUT2D eigenvalue weighted by atomic mass is 11.3. The summed E-state index contributed by atoms with van der Waals surface area (Å²) < 4.78 is -0.0556. The Labute approximate surface area is 41.9 Å². The minimum atomic E-state index is -0.0556. The minimum Gasteiger partial charge on any atom is -0.128 e. The number of hydrogen-bond acceptors (Lipinski definition) is 0. The normalized spacial score (nSPS) is 12.0. The van der Waals surface area contributed by atoms with Gasteiger partial charge in [0.15, 0.2) is 23.6 Å². The van der Waals surface area contributed by atoms with Gasteiger partial charge in [-0.15, -0.1) is 3.52 Å². The van der Waals surface area contributed by atoms with E-state index in [1.165, 1.54) is 0 Å². The summed E-state index contributed by atoms with van der Waals surface area (Å²) in [5, 5.41) is 0. The van der Waals surface area contributed by atoms with Crippen LogP contribution in [0.2, 0.25) is 0 Å². The van der Waals surface area contributed by atoms with Crippen LogP contribution in [0.5, 0.6) is 0 Å². The molecule has 0 saturated heterocycles. The molecule has 0 atom stereocenters. The molecule has 0 aromatic heterocycles. The molecule has 0 aromatic rings. The summed E-state index contributed by atoms with van der Waals surface area (Å²) in [7, 11) is 3.31. The van der Waals surface area contributed by atoms with Gasteiger partial charge in [-0.3, -0.25) is 0 Å². The van der Waals surface area contributed by atoms with E-state index in [-0.39, 0.29) is 3.52 Å². The summed E-state index contributed by atoms with van der Waals surface area (Å²) in [4.78, 5) is 0. The lowest BCUT2D eigenvalue weighted by Crippen LogP contribution is -2.10. The van der Waals surface area contributed by atoms with Crippen molar-refractivity contribution in [3.8, 4) is 0 Å². The van der Waals surface area contributed by atoms with Gasteiger partial charge < -0.3 is 0 Å². The van der Waals surface area contributed by atoms with Crippen LogP contribution in [0.4, 0.5) is 0 Å².